The summed E-state index contributed by atoms with van der Waals surface area (Å²) in [5.41, 5.74) is 2.18. The lowest BCUT2D eigenvalue weighted by Gasteiger charge is -2.36. The van der Waals surface area contributed by atoms with Crippen molar-refractivity contribution >= 4 is 5.91 Å². The smallest absolute Gasteiger partial charge is 0.247 e. The van der Waals surface area contributed by atoms with Crippen molar-refractivity contribution in [1.29, 1.82) is 0 Å². The van der Waals surface area contributed by atoms with Gasteiger partial charge in [-0.3, -0.25) is 4.79 Å². The van der Waals surface area contributed by atoms with E-state index in [1.165, 1.54) is 12.0 Å². The molecule has 1 N–H and O–H groups in total. The fourth-order valence-corrected chi connectivity index (χ4v) is 2.54. The number of allylic oxidation sites excluding steroid dienone is 1. The van der Waals surface area contributed by atoms with Crippen molar-refractivity contribution in [3.8, 4) is 0 Å². The van der Waals surface area contributed by atoms with Crippen LogP contribution >= 0.6 is 0 Å². The van der Waals surface area contributed by atoms with E-state index < -0.39 is 0 Å². The number of hydrogen-bond acceptors (Lipinski definition) is 2. The van der Waals surface area contributed by atoms with Crippen LogP contribution in [0, 0.1) is 0 Å². The quantitative estimate of drug-likeness (QED) is 0.750. The molecule has 1 atom stereocenters. The van der Waals surface area contributed by atoms with Crippen molar-refractivity contribution in [3.05, 3.63) is 11.1 Å². The predicted octanol–water partition coefficient (Wildman–Crippen LogP) is 2.56. The van der Waals surface area contributed by atoms with Crippen LogP contribution in [0.4, 0.5) is 0 Å². The molecule has 1 saturated heterocycles. The summed E-state index contributed by atoms with van der Waals surface area (Å²) in [6.45, 7) is 6.87. The largest absolute Gasteiger partial charge is 0.375 e. The highest BCUT2D eigenvalue weighted by Gasteiger charge is 2.30. The molecule has 1 heterocycles. The molecule has 0 unspecified atom stereocenters. The van der Waals surface area contributed by atoms with Gasteiger partial charge in [0, 0.05) is 18.2 Å². The molecule has 0 aromatic heterocycles. The third kappa shape index (κ3) is 3.09. The second-order valence-electron chi connectivity index (χ2n) is 5.85. The van der Waals surface area contributed by atoms with Crippen LogP contribution in [0.1, 0.15) is 52.9 Å². The minimum Gasteiger partial charge on any atom is -0.375 e. The summed E-state index contributed by atoms with van der Waals surface area (Å²) in [5.74, 6) is 0.127. The van der Waals surface area contributed by atoms with Gasteiger partial charge >= 0.3 is 0 Å². The first-order valence-electron chi connectivity index (χ1n) is 6.61. The van der Waals surface area contributed by atoms with Crippen LogP contribution in [-0.4, -0.2) is 24.2 Å². The molecular weight excluding hydrogens is 214 g/mol. The van der Waals surface area contributed by atoms with E-state index in [1.54, 1.807) is 0 Å². The minimum atomic E-state index is -0.103. The lowest BCUT2D eigenvalue weighted by atomic mass is 9.87. The van der Waals surface area contributed by atoms with E-state index >= 15 is 0 Å². The Labute approximate surface area is 104 Å². The summed E-state index contributed by atoms with van der Waals surface area (Å²) in [5, 5.41) is 3.15. The Kier molecular flexibility index (Phi) is 3.57. The maximum atomic E-state index is 12.0. The van der Waals surface area contributed by atoms with Gasteiger partial charge in [-0.05, 0) is 52.9 Å². The normalized spacial score (nSPS) is 27.2. The molecule has 0 aromatic rings. The lowest BCUT2D eigenvalue weighted by Crippen LogP contribution is -2.46. The van der Waals surface area contributed by atoms with Gasteiger partial charge in [-0.1, -0.05) is 5.57 Å². The number of carbonyl (C=O) groups excluding carboxylic acids is 1. The molecule has 1 saturated carbocycles. The Morgan fingerprint density at radius 1 is 1.41 bits per heavy atom. The first kappa shape index (κ1) is 12.6. The Morgan fingerprint density at radius 2 is 2.12 bits per heavy atom. The molecule has 1 aliphatic heterocycles. The van der Waals surface area contributed by atoms with Crippen LogP contribution in [0.2, 0.25) is 0 Å². The van der Waals surface area contributed by atoms with Crippen molar-refractivity contribution in [2.24, 2.45) is 0 Å². The highest BCUT2D eigenvalue weighted by Crippen LogP contribution is 2.29. The van der Waals surface area contributed by atoms with E-state index in [1.807, 2.05) is 6.92 Å². The zero-order valence-electron chi connectivity index (χ0n) is 11.1. The van der Waals surface area contributed by atoms with Crippen molar-refractivity contribution in [3.63, 3.8) is 0 Å². The maximum absolute atomic E-state index is 12.0. The van der Waals surface area contributed by atoms with Crippen molar-refractivity contribution in [2.45, 2.75) is 64.5 Å². The third-order valence-corrected chi connectivity index (χ3v) is 3.86. The van der Waals surface area contributed by atoms with Gasteiger partial charge in [0.1, 0.15) is 0 Å². The molecule has 2 fully saturated rings. The van der Waals surface area contributed by atoms with E-state index in [9.17, 15) is 4.79 Å². The SMILES string of the molecule is CC(C(=O)N[C@H]1CCOC(C)(C)C1)=C1CCC1. The molecule has 1 aliphatic carbocycles. The van der Waals surface area contributed by atoms with E-state index in [0.29, 0.717) is 0 Å². The number of nitrogens with one attached hydrogen (secondary N) is 1. The van der Waals surface area contributed by atoms with Crippen LogP contribution < -0.4 is 5.32 Å². The number of amides is 1. The molecule has 0 spiro atoms. The Balaban J connectivity index is 1.90. The topological polar surface area (TPSA) is 38.3 Å². The highest BCUT2D eigenvalue weighted by atomic mass is 16.5. The van der Waals surface area contributed by atoms with Gasteiger partial charge in [-0.2, -0.15) is 0 Å². The first-order valence-corrected chi connectivity index (χ1v) is 6.61. The van der Waals surface area contributed by atoms with Gasteiger partial charge in [0.05, 0.1) is 5.60 Å². The van der Waals surface area contributed by atoms with E-state index in [0.717, 1.165) is 37.9 Å². The monoisotopic (exact) mass is 237 g/mol. The summed E-state index contributed by atoms with van der Waals surface area (Å²) in [7, 11) is 0. The number of hydrogen-bond donors (Lipinski definition) is 1. The Hall–Kier alpha value is -0.830. The first-order chi connectivity index (χ1) is 7.98. The van der Waals surface area contributed by atoms with Crippen molar-refractivity contribution in [2.75, 3.05) is 6.61 Å². The van der Waals surface area contributed by atoms with E-state index in [-0.39, 0.29) is 17.6 Å². The summed E-state index contributed by atoms with van der Waals surface area (Å²) >= 11 is 0. The highest BCUT2D eigenvalue weighted by molar-refractivity contribution is 5.94. The predicted molar refractivity (Wildman–Crippen MR) is 67.7 cm³/mol. The van der Waals surface area contributed by atoms with Gasteiger partial charge in [0.15, 0.2) is 0 Å². The summed E-state index contributed by atoms with van der Waals surface area (Å²) < 4.78 is 5.65. The summed E-state index contributed by atoms with van der Waals surface area (Å²) in [6.07, 6.45) is 5.29. The minimum absolute atomic E-state index is 0.103. The molecule has 17 heavy (non-hydrogen) atoms. The number of ether oxygens (including phenoxy) is 1. The molecule has 1 amide bonds. The lowest BCUT2D eigenvalue weighted by molar-refractivity contribution is -0.120. The number of carbonyl (C=O) groups is 1. The molecule has 3 heteroatoms. The van der Waals surface area contributed by atoms with Gasteiger partial charge in [0.25, 0.3) is 0 Å². The molecule has 2 aliphatic rings. The Morgan fingerprint density at radius 3 is 2.65 bits per heavy atom. The fourth-order valence-electron chi connectivity index (χ4n) is 2.54. The zero-order valence-corrected chi connectivity index (χ0v) is 11.1. The third-order valence-electron chi connectivity index (χ3n) is 3.86. The zero-order chi connectivity index (χ0) is 12.5. The molecule has 0 radical (unpaired) electrons. The van der Waals surface area contributed by atoms with Crippen molar-refractivity contribution < 1.29 is 9.53 Å². The molecule has 0 aromatic carbocycles. The van der Waals surface area contributed by atoms with E-state index in [2.05, 4.69) is 19.2 Å². The summed E-state index contributed by atoms with van der Waals surface area (Å²) in [6, 6.07) is 0.266. The molecule has 3 nitrogen and oxygen atoms in total. The molecule has 96 valence electrons. The fraction of sp³-hybridized carbons (Fsp3) is 0.786. The van der Waals surface area contributed by atoms with Crippen LogP contribution in [0.5, 0.6) is 0 Å². The van der Waals surface area contributed by atoms with Crippen LogP contribution in [-0.2, 0) is 9.53 Å². The second-order valence-corrected chi connectivity index (χ2v) is 5.85. The van der Waals surface area contributed by atoms with Crippen molar-refractivity contribution in [1.82, 2.24) is 5.32 Å². The Bertz CT molecular complexity index is 338. The van der Waals surface area contributed by atoms with Gasteiger partial charge in [-0.15, -0.1) is 0 Å². The van der Waals surface area contributed by atoms with Crippen LogP contribution in [0.15, 0.2) is 11.1 Å². The molecular formula is C14H23NO2. The van der Waals surface area contributed by atoms with Gasteiger partial charge < -0.3 is 10.1 Å². The second kappa shape index (κ2) is 4.81. The van der Waals surface area contributed by atoms with Gasteiger partial charge in [0.2, 0.25) is 5.91 Å². The maximum Gasteiger partial charge on any atom is 0.247 e. The van der Waals surface area contributed by atoms with Crippen LogP contribution in [0.25, 0.3) is 0 Å². The standard InChI is InChI=1S/C14H23NO2/c1-10(11-5-4-6-11)13(16)15-12-7-8-17-14(2,3)9-12/h12H,4-9H2,1-3H3,(H,15,16)/t12-/m0/s1. The number of rotatable bonds is 2. The van der Waals surface area contributed by atoms with E-state index in [4.69, 9.17) is 4.74 Å². The molecule has 2 rings (SSSR count). The summed E-state index contributed by atoms with van der Waals surface area (Å²) in [4.78, 5) is 12.0. The van der Waals surface area contributed by atoms with Gasteiger partial charge in [-0.25, -0.2) is 0 Å². The average Bonchev–Trinajstić information content (AvgIpc) is 2.12. The average molecular weight is 237 g/mol. The molecule has 0 bridgehead atoms. The van der Waals surface area contributed by atoms with Crippen LogP contribution in [0.3, 0.4) is 0 Å².